The van der Waals surface area contributed by atoms with Crippen LogP contribution in [0.15, 0.2) is 4.99 Å². The lowest BCUT2D eigenvalue weighted by molar-refractivity contribution is 0.157. The van der Waals surface area contributed by atoms with Crippen molar-refractivity contribution in [3.63, 3.8) is 0 Å². The molecular weight excluding hydrogens is 340 g/mol. The molecule has 150 valence electrons. The van der Waals surface area contributed by atoms with Crippen LogP contribution in [0.25, 0.3) is 0 Å². The van der Waals surface area contributed by atoms with Crippen LogP contribution in [0.2, 0.25) is 0 Å². The Morgan fingerprint density at radius 1 is 1.20 bits per heavy atom. The van der Waals surface area contributed by atoms with Crippen LogP contribution in [0.5, 0.6) is 0 Å². The summed E-state index contributed by atoms with van der Waals surface area (Å²) in [7, 11) is -2.96. The normalized spacial score (nSPS) is 13.9. The maximum atomic E-state index is 11.0. The van der Waals surface area contributed by atoms with E-state index in [0.29, 0.717) is 19.2 Å². The number of hydrogen-bond donors (Lipinski definition) is 2. The van der Waals surface area contributed by atoms with Crippen molar-refractivity contribution in [1.82, 2.24) is 15.5 Å². The lowest BCUT2D eigenvalue weighted by Crippen LogP contribution is -2.42. The summed E-state index contributed by atoms with van der Waals surface area (Å²) in [6.45, 7) is 13.9. The molecule has 0 heterocycles. The lowest BCUT2D eigenvalue weighted by atomic mass is 10.2. The molecule has 1 atom stereocenters. The Kier molecular flexibility index (Phi) is 13.8. The molecule has 0 aliphatic heterocycles. The second-order valence-electron chi connectivity index (χ2n) is 6.22. The standard InChI is InChI=1S/C17H38N4O3S/c1-6-18-17(19-11-13-24-14-15-25(5,22)23)20-16(4)10-9-12-21(7-2)8-3/h16H,6-15H2,1-5H3,(H2,18,19,20). The van der Waals surface area contributed by atoms with Crippen molar-refractivity contribution in [2.75, 3.05) is 57.9 Å². The SMILES string of the molecule is CCNC(=NCCOCCS(C)(=O)=O)NC(C)CCCN(CC)CC. The average molecular weight is 379 g/mol. The summed E-state index contributed by atoms with van der Waals surface area (Å²) in [6.07, 6.45) is 3.46. The maximum absolute atomic E-state index is 11.0. The molecule has 0 aromatic rings. The van der Waals surface area contributed by atoms with E-state index in [1.807, 2.05) is 6.92 Å². The van der Waals surface area contributed by atoms with Gasteiger partial charge in [-0.25, -0.2) is 8.42 Å². The fourth-order valence-corrected chi connectivity index (χ4v) is 2.74. The van der Waals surface area contributed by atoms with Gasteiger partial charge in [-0.05, 0) is 46.3 Å². The Bertz CT molecular complexity index is 451. The quantitative estimate of drug-likeness (QED) is 0.268. The molecule has 0 rings (SSSR count). The second-order valence-corrected chi connectivity index (χ2v) is 8.48. The molecule has 2 N–H and O–H groups in total. The molecule has 25 heavy (non-hydrogen) atoms. The van der Waals surface area contributed by atoms with E-state index in [0.717, 1.165) is 45.0 Å². The molecule has 0 fully saturated rings. The minimum absolute atomic E-state index is 0.0542. The number of nitrogens with one attached hydrogen (secondary N) is 2. The highest BCUT2D eigenvalue weighted by Gasteiger charge is 2.06. The van der Waals surface area contributed by atoms with E-state index in [9.17, 15) is 8.42 Å². The number of rotatable bonds is 14. The van der Waals surface area contributed by atoms with Gasteiger partial charge in [-0.1, -0.05) is 13.8 Å². The third-order valence-electron chi connectivity index (χ3n) is 3.84. The first kappa shape index (κ1) is 24.1. The zero-order valence-corrected chi connectivity index (χ0v) is 17.5. The van der Waals surface area contributed by atoms with E-state index in [1.165, 1.54) is 6.26 Å². The third kappa shape index (κ3) is 15.1. The first-order chi connectivity index (χ1) is 11.8. The van der Waals surface area contributed by atoms with Crippen molar-refractivity contribution in [2.45, 2.75) is 46.6 Å². The zero-order valence-electron chi connectivity index (χ0n) is 16.7. The largest absolute Gasteiger partial charge is 0.378 e. The Balaban J connectivity index is 4.08. The van der Waals surface area contributed by atoms with Crippen LogP contribution >= 0.6 is 0 Å². The van der Waals surface area contributed by atoms with Crippen LogP contribution in [0, 0.1) is 0 Å². The Morgan fingerprint density at radius 3 is 2.44 bits per heavy atom. The van der Waals surface area contributed by atoms with E-state index in [1.54, 1.807) is 0 Å². The molecule has 0 aliphatic carbocycles. The first-order valence-corrected chi connectivity index (χ1v) is 11.4. The Morgan fingerprint density at radius 2 is 1.88 bits per heavy atom. The van der Waals surface area contributed by atoms with Crippen LogP contribution in [0.3, 0.4) is 0 Å². The fourth-order valence-electron chi connectivity index (χ4n) is 2.32. The summed E-state index contributed by atoms with van der Waals surface area (Å²) >= 11 is 0. The molecule has 0 aliphatic rings. The molecule has 1 unspecified atom stereocenters. The molecule has 0 radical (unpaired) electrons. The van der Waals surface area contributed by atoms with Gasteiger partial charge in [0.2, 0.25) is 0 Å². The minimum Gasteiger partial charge on any atom is -0.378 e. The molecule has 8 heteroatoms. The molecule has 0 spiro atoms. The van der Waals surface area contributed by atoms with E-state index in [-0.39, 0.29) is 12.4 Å². The average Bonchev–Trinajstić information content (AvgIpc) is 2.54. The van der Waals surface area contributed by atoms with Crippen LogP contribution in [0.1, 0.15) is 40.5 Å². The predicted molar refractivity (Wildman–Crippen MR) is 106 cm³/mol. The number of guanidine groups is 1. The van der Waals surface area contributed by atoms with Crippen LogP contribution in [0.4, 0.5) is 0 Å². The fraction of sp³-hybridized carbons (Fsp3) is 0.941. The highest BCUT2D eigenvalue weighted by atomic mass is 32.2. The molecule has 0 aromatic carbocycles. The third-order valence-corrected chi connectivity index (χ3v) is 4.75. The zero-order chi connectivity index (χ0) is 19.1. The molecule has 7 nitrogen and oxygen atoms in total. The summed E-state index contributed by atoms with van der Waals surface area (Å²) in [4.78, 5) is 6.90. The van der Waals surface area contributed by atoms with E-state index >= 15 is 0 Å². The van der Waals surface area contributed by atoms with Crippen molar-refractivity contribution in [1.29, 1.82) is 0 Å². The number of sulfone groups is 1. The van der Waals surface area contributed by atoms with Crippen molar-refractivity contribution in [3.05, 3.63) is 0 Å². The predicted octanol–water partition coefficient (Wildman–Crippen LogP) is 1.11. The van der Waals surface area contributed by atoms with E-state index in [4.69, 9.17) is 4.74 Å². The maximum Gasteiger partial charge on any atom is 0.191 e. The molecule has 0 amide bonds. The van der Waals surface area contributed by atoms with Gasteiger partial charge in [0, 0.05) is 18.8 Å². The van der Waals surface area contributed by atoms with Gasteiger partial charge in [-0.2, -0.15) is 0 Å². The molecular formula is C17H38N4O3S. The van der Waals surface area contributed by atoms with Crippen molar-refractivity contribution < 1.29 is 13.2 Å². The summed E-state index contributed by atoms with van der Waals surface area (Å²) < 4.78 is 27.3. The highest BCUT2D eigenvalue weighted by Crippen LogP contribution is 1.99. The monoisotopic (exact) mass is 378 g/mol. The smallest absolute Gasteiger partial charge is 0.191 e. The van der Waals surface area contributed by atoms with Gasteiger partial charge in [-0.15, -0.1) is 0 Å². The minimum atomic E-state index is -2.96. The molecule has 0 saturated carbocycles. The van der Waals surface area contributed by atoms with Gasteiger partial charge in [-0.3, -0.25) is 4.99 Å². The summed E-state index contributed by atoms with van der Waals surface area (Å²) in [6, 6.07) is 0.347. The van der Waals surface area contributed by atoms with Gasteiger partial charge < -0.3 is 20.3 Å². The summed E-state index contributed by atoms with van der Waals surface area (Å²) in [5, 5.41) is 6.64. The Hall–Kier alpha value is -0.860. The van der Waals surface area contributed by atoms with Gasteiger partial charge >= 0.3 is 0 Å². The number of nitrogens with zero attached hydrogens (tertiary/aromatic N) is 2. The van der Waals surface area contributed by atoms with Gasteiger partial charge in [0.15, 0.2) is 5.96 Å². The number of hydrogen-bond acceptors (Lipinski definition) is 5. The van der Waals surface area contributed by atoms with Crippen molar-refractivity contribution >= 4 is 15.8 Å². The van der Waals surface area contributed by atoms with Crippen LogP contribution in [-0.4, -0.2) is 83.3 Å². The lowest BCUT2D eigenvalue weighted by Gasteiger charge is -2.21. The summed E-state index contributed by atoms with van der Waals surface area (Å²) in [5.74, 6) is 0.836. The molecule has 0 bridgehead atoms. The van der Waals surface area contributed by atoms with Gasteiger partial charge in [0.25, 0.3) is 0 Å². The first-order valence-electron chi connectivity index (χ1n) is 9.35. The topological polar surface area (TPSA) is 83.0 Å². The van der Waals surface area contributed by atoms with Crippen LogP contribution in [-0.2, 0) is 14.6 Å². The van der Waals surface area contributed by atoms with Crippen molar-refractivity contribution in [3.8, 4) is 0 Å². The number of aliphatic imine (C=N–C) groups is 1. The highest BCUT2D eigenvalue weighted by molar-refractivity contribution is 7.90. The van der Waals surface area contributed by atoms with E-state index in [2.05, 4.69) is 41.3 Å². The van der Waals surface area contributed by atoms with Gasteiger partial charge in [0.05, 0.1) is 25.5 Å². The Labute approximate surface area is 154 Å². The van der Waals surface area contributed by atoms with Crippen molar-refractivity contribution in [2.24, 2.45) is 4.99 Å². The molecule has 0 saturated heterocycles. The molecule has 0 aromatic heterocycles. The second kappa shape index (κ2) is 14.3. The number of ether oxygens (including phenoxy) is 1. The van der Waals surface area contributed by atoms with Crippen LogP contribution < -0.4 is 10.6 Å². The summed E-state index contributed by atoms with van der Waals surface area (Å²) in [5.41, 5.74) is 0. The van der Waals surface area contributed by atoms with Gasteiger partial charge in [0.1, 0.15) is 9.84 Å². The van der Waals surface area contributed by atoms with E-state index < -0.39 is 9.84 Å².